The van der Waals surface area contributed by atoms with Gasteiger partial charge in [0.25, 0.3) is 0 Å². The monoisotopic (exact) mass is 342 g/mol. The lowest BCUT2D eigenvalue weighted by Crippen LogP contribution is -2.30. The molecule has 0 fully saturated rings. The first-order valence-corrected chi connectivity index (χ1v) is 7.52. The van der Waals surface area contributed by atoms with Crippen LogP contribution in [0.15, 0.2) is 24.3 Å². The minimum atomic E-state index is -1.22. The molecule has 0 aliphatic carbocycles. The van der Waals surface area contributed by atoms with E-state index in [1.807, 2.05) is 0 Å². The van der Waals surface area contributed by atoms with Crippen LogP contribution in [0.2, 0.25) is 0 Å². The first-order chi connectivity index (χ1) is 11.2. The molecule has 24 heavy (non-hydrogen) atoms. The van der Waals surface area contributed by atoms with E-state index in [1.54, 1.807) is 0 Å². The quantitative estimate of drug-likeness (QED) is 0.467. The van der Waals surface area contributed by atoms with Gasteiger partial charge in [0.1, 0.15) is 30.5 Å². The molecule has 0 saturated carbocycles. The topological polar surface area (TPSA) is 119 Å². The molecule has 8 nitrogen and oxygen atoms in total. The van der Waals surface area contributed by atoms with Crippen LogP contribution in [0.4, 0.5) is 0 Å². The third kappa shape index (κ3) is 6.93. The van der Waals surface area contributed by atoms with Crippen molar-refractivity contribution in [1.29, 1.82) is 0 Å². The van der Waals surface area contributed by atoms with Crippen molar-refractivity contribution in [2.45, 2.75) is 57.7 Å². The first kappa shape index (κ1) is 19.9. The zero-order chi connectivity index (χ0) is 18.3. The van der Waals surface area contributed by atoms with Crippen molar-refractivity contribution >= 4 is 17.9 Å². The molecule has 0 saturated heterocycles. The molecule has 0 aromatic rings. The van der Waals surface area contributed by atoms with Crippen molar-refractivity contribution in [3.05, 3.63) is 24.3 Å². The summed E-state index contributed by atoms with van der Waals surface area (Å²) < 4.78 is 14.9. The van der Waals surface area contributed by atoms with Crippen molar-refractivity contribution in [3.8, 4) is 0 Å². The minimum Gasteiger partial charge on any atom is -0.459 e. The van der Waals surface area contributed by atoms with Crippen LogP contribution in [-0.4, -0.2) is 58.6 Å². The van der Waals surface area contributed by atoms with E-state index in [1.165, 1.54) is 20.8 Å². The number of rotatable bonds is 0. The molecule has 0 aromatic heterocycles. The molecular weight excluding hydrogens is 320 g/mol. The van der Waals surface area contributed by atoms with Crippen LogP contribution in [0.25, 0.3) is 0 Å². The van der Waals surface area contributed by atoms with Gasteiger partial charge in [0.05, 0.1) is 6.42 Å². The molecule has 8 heteroatoms. The Balaban J connectivity index is 2.91. The van der Waals surface area contributed by atoms with Gasteiger partial charge in [-0.2, -0.15) is 0 Å². The molecule has 0 amide bonds. The van der Waals surface area contributed by atoms with Crippen LogP contribution >= 0.6 is 0 Å². The SMILES string of the molecule is C[C@H]1CC(=O)O[C@H](C)[C@@H](O)/C=C\C(=O)O[C@H](C)[C@@H](O)/C=C\C(=O)O1. The van der Waals surface area contributed by atoms with Crippen LogP contribution < -0.4 is 0 Å². The van der Waals surface area contributed by atoms with E-state index in [2.05, 4.69) is 0 Å². The molecule has 1 heterocycles. The van der Waals surface area contributed by atoms with E-state index in [9.17, 15) is 24.6 Å². The molecule has 0 radical (unpaired) electrons. The summed E-state index contributed by atoms with van der Waals surface area (Å²) in [5, 5.41) is 19.6. The maximum atomic E-state index is 11.7. The van der Waals surface area contributed by atoms with Gasteiger partial charge >= 0.3 is 17.9 Å². The Labute approximate surface area is 139 Å². The first-order valence-electron chi connectivity index (χ1n) is 7.52. The highest BCUT2D eigenvalue weighted by molar-refractivity contribution is 5.83. The van der Waals surface area contributed by atoms with Crippen molar-refractivity contribution in [1.82, 2.24) is 0 Å². The van der Waals surface area contributed by atoms with E-state index in [0.29, 0.717) is 0 Å². The van der Waals surface area contributed by atoms with E-state index < -0.39 is 48.4 Å². The molecule has 1 aliphatic rings. The molecular formula is C16H22O8. The number of aliphatic hydroxyl groups excluding tert-OH is 2. The lowest BCUT2D eigenvalue weighted by molar-refractivity contribution is -0.157. The molecule has 134 valence electrons. The average Bonchev–Trinajstić information content (AvgIpc) is 2.48. The van der Waals surface area contributed by atoms with Crippen molar-refractivity contribution in [3.63, 3.8) is 0 Å². The van der Waals surface area contributed by atoms with Crippen molar-refractivity contribution in [2.75, 3.05) is 0 Å². The summed E-state index contributed by atoms with van der Waals surface area (Å²) in [6.45, 7) is 4.41. The van der Waals surface area contributed by atoms with Crippen LogP contribution in [0.5, 0.6) is 0 Å². The Hall–Kier alpha value is -2.19. The lowest BCUT2D eigenvalue weighted by atomic mass is 10.2. The van der Waals surface area contributed by atoms with Gasteiger partial charge in [-0.1, -0.05) is 0 Å². The molecule has 2 N–H and O–H groups in total. The standard InChI is InChI=1S/C16H22O8/c1-9-8-16(21)24-11(3)13(18)5-7-15(20)23-10(2)12(17)4-6-14(19)22-9/h4-7,9-13,17-18H,8H2,1-3H3/b6-4-,7-5-/t9-,10+,11+,12-,13-/m0/s1. The molecule has 1 aliphatic heterocycles. The number of esters is 3. The van der Waals surface area contributed by atoms with E-state index in [-0.39, 0.29) is 6.42 Å². The summed E-state index contributed by atoms with van der Waals surface area (Å²) in [4.78, 5) is 34.9. The molecule has 0 bridgehead atoms. The van der Waals surface area contributed by atoms with Crippen LogP contribution in [0.3, 0.4) is 0 Å². The normalized spacial score (nSPS) is 36.2. The maximum absolute atomic E-state index is 11.7. The fraction of sp³-hybridized carbons (Fsp3) is 0.562. The molecule has 0 unspecified atom stereocenters. The second-order valence-corrected chi connectivity index (χ2v) is 5.49. The average molecular weight is 342 g/mol. The number of cyclic esters (lactones) is 3. The molecule has 0 spiro atoms. The van der Waals surface area contributed by atoms with Crippen molar-refractivity contribution in [2.24, 2.45) is 0 Å². The molecule has 1 rings (SSSR count). The largest absolute Gasteiger partial charge is 0.459 e. The van der Waals surface area contributed by atoms with Crippen LogP contribution in [-0.2, 0) is 28.6 Å². The maximum Gasteiger partial charge on any atom is 0.330 e. The Morgan fingerprint density at radius 2 is 1.29 bits per heavy atom. The van der Waals surface area contributed by atoms with Gasteiger partial charge in [-0.05, 0) is 32.9 Å². The highest BCUT2D eigenvalue weighted by Crippen LogP contribution is 2.08. The van der Waals surface area contributed by atoms with Crippen molar-refractivity contribution < 1.29 is 38.8 Å². The van der Waals surface area contributed by atoms with Gasteiger partial charge in [0.2, 0.25) is 0 Å². The third-order valence-electron chi connectivity index (χ3n) is 3.21. The summed E-state index contributed by atoms with van der Waals surface area (Å²) in [7, 11) is 0. The van der Waals surface area contributed by atoms with Gasteiger partial charge in [-0.25, -0.2) is 9.59 Å². The Morgan fingerprint density at radius 1 is 0.833 bits per heavy atom. The molecule has 5 atom stereocenters. The summed E-state index contributed by atoms with van der Waals surface area (Å²) >= 11 is 0. The van der Waals surface area contributed by atoms with Gasteiger partial charge in [-0.3, -0.25) is 4.79 Å². The van der Waals surface area contributed by atoms with Gasteiger partial charge in [0, 0.05) is 12.2 Å². The number of ether oxygens (including phenoxy) is 3. The van der Waals surface area contributed by atoms with E-state index in [4.69, 9.17) is 14.2 Å². The zero-order valence-corrected chi connectivity index (χ0v) is 13.7. The Bertz CT molecular complexity index is 524. The fourth-order valence-electron chi connectivity index (χ4n) is 1.80. The van der Waals surface area contributed by atoms with E-state index in [0.717, 1.165) is 24.3 Å². The third-order valence-corrected chi connectivity index (χ3v) is 3.21. The lowest BCUT2D eigenvalue weighted by Gasteiger charge is -2.19. The predicted octanol–water partition coefficient (Wildman–Crippen LogP) is 0.0194. The van der Waals surface area contributed by atoms with Crippen LogP contribution in [0, 0.1) is 0 Å². The second kappa shape index (κ2) is 9.19. The second-order valence-electron chi connectivity index (χ2n) is 5.49. The number of carbonyl (C=O) groups excluding carboxylic acids is 3. The van der Waals surface area contributed by atoms with Gasteiger partial charge in [0.15, 0.2) is 0 Å². The fourth-order valence-corrected chi connectivity index (χ4v) is 1.80. The van der Waals surface area contributed by atoms with E-state index >= 15 is 0 Å². The van der Waals surface area contributed by atoms with Gasteiger partial charge in [-0.15, -0.1) is 0 Å². The molecule has 0 aromatic carbocycles. The summed E-state index contributed by atoms with van der Waals surface area (Å²) in [6, 6.07) is 0. The number of hydrogen-bond acceptors (Lipinski definition) is 8. The van der Waals surface area contributed by atoms with Gasteiger partial charge < -0.3 is 24.4 Å². The Morgan fingerprint density at radius 3 is 1.83 bits per heavy atom. The summed E-state index contributed by atoms with van der Waals surface area (Å²) in [5.41, 5.74) is 0. The smallest absolute Gasteiger partial charge is 0.330 e. The minimum absolute atomic E-state index is 0.193. The number of hydrogen-bond donors (Lipinski definition) is 2. The number of aliphatic hydroxyl groups is 2. The number of carbonyl (C=O) groups is 3. The highest BCUT2D eigenvalue weighted by Gasteiger charge is 2.21. The zero-order valence-electron chi connectivity index (χ0n) is 13.7. The summed E-state index contributed by atoms with van der Waals surface area (Å²) in [6.07, 6.45) is -0.961. The predicted molar refractivity (Wildman–Crippen MR) is 81.6 cm³/mol. The Kier molecular flexibility index (Phi) is 7.60. The highest BCUT2D eigenvalue weighted by atomic mass is 16.6. The van der Waals surface area contributed by atoms with Crippen LogP contribution in [0.1, 0.15) is 27.2 Å². The summed E-state index contributed by atoms with van der Waals surface area (Å²) in [5.74, 6) is -2.22.